The molecule has 0 spiro atoms. The molecule has 0 radical (unpaired) electrons. The van der Waals surface area contributed by atoms with E-state index in [4.69, 9.17) is 42.6 Å². The lowest BCUT2D eigenvalue weighted by atomic mass is 9.93. The maximum Gasteiger partial charge on any atom is 0.169 e. The van der Waals surface area contributed by atoms with Crippen molar-refractivity contribution in [2.45, 2.75) is 37.3 Å². The molecule has 248 valence electrons. The second kappa shape index (κ2) is 13.4. The monoisotopic (exact) mass is 646 g/mol. The third kappa shape index (κ3) is 6.11. The van der Waals surface area contributed by atoms with Crippen molar-refractivity contribution >= 4 is 0 Å². The smallest absolute Gasteiger partial charge is 0.169 e. The van der Waals surface area contributed by atoms with Crippen molar-refractivity contribution in [3.8, 4) is 57.5 Å². The molecule has 2 heterocycles. The lowest BCUT2D eigenvalue weighted by Gasteiger charge is -2.34. The van der Waals surface area contributed by atoms with Gasteiger partial charge in [0.15, 0.2) is 29.1 Å². The van der Waals surface area contributed by atoms with E-state index in [0.717, 1.165) is 16.7 Å². The van der Waals surface area contributed by atoms with Gasteiger partial charge in [-0.3, -0.25) is 0 Å². The Bertz CT molecular complexity index is 1750. The maximum atomic E-state index is 11.1. The Morgan fingerprint density at radius 3 is 1.81 bits per heavy atom. The number of aliphatic hydroxyl groups excluding tert-OH is 1. The van der Waals surface area contributed by atoms with E-state index in [9.17, 15) is 10.2 Å². The number of rotatable bonds is 10. The van der Waals surface area contributed by atoms with Crippen LogP contribution in [-0.4, -0.2) is 65.1 Å². The Hall–Kier alpha value is -5.00. The fourth-order valence-electron chi connectivity index (χ4n) is 6.12. The van der Waals surface area contributed by atoms with E-state index >= 15 is 0 Å². The summed E-state index contributed by atoms with van der Waals surface area (Å²) in [6, 6.07) is 17.5. The van der Waals surface area contributed by atoms with E-state index in [1.165, 1.54) is 6.07 Å². The van der Waals surface area contributed by atoms with Gasteiger partial charge >= 0.3 is 0 Å². The average Bonchev–Trinajstić information content (AvgIpc) is 3.10. The molecule has 2 aliphatic heterocycles. The van der Waals surface area contributed by atoms with Gasteiger partial charge in [-0.15, -0.1) is 0 Å². The molecule has 0 amide bonds. The number of hydrogen-bond acceptors (Lipinski definition) is 11. The van der Waals surface area contributed by atoms with E-state index in [1.807, 2.05) is 18.2 Å². The van der Waals surface area contributed by atoms with Gasteiger partial charge in [0.25, 0.3) is 0 Å². The first-order valence-corrected chi connectivity index (χ1v) is 15.0. The summed E-state index contributed by atoms with van der Waals surface area (Å²) in [6.07, 6.45) is -1.59. The highest BCUT2D eigenvalue weighted by atomic mass is 16.5. The van der Waals surface area contributed by atoms with Crippen LogP contribution in [-0.2, 0) is 17.6 Å². The molecule has 6 rings (SSSR count). The van der Waals surface area contributed by atoms with Crippen molar-refractivity contribution in [2.75, 3.05) is 42.7 Å². The number of benzene rings is 4. The Labute approximate surface area is 273 Å². The number of aromatic hydroxyl groups is 1. The SMILES string of the molecule is COc1cc(OC)c2c(c1)O[C@H](c1ccc(O)c(Oc3cc(OC)c4c(c3)O[C@H](c3ccc(OC)c(OC)c3)[C@H](OC)C4)c1)[C@H](O)C2. The van der Waals surface area contributed by atoms with Crippen LogP contribution < -0.4 is 37.9 Å². The third-order valence-electron chi connectivity index (χ3n) is 8.55. The zero-order valence-corrected chi connectivity index (χ0v) is 27.1. The van der Waals surface area contributed by atoms with Crippen LogP contribution in [0.2, 0.25) is 0 Å². The van der Waals surface area contributed by atoms with Crippen molar-refractivity contribution in [3.05, 3.63) is 82.9 Å². The number of phenolic OH excluding ortho intramolecular Hbond substituents is 1. The van der Waals surface area contributed by atoms with Crippen LogP contribution in [0.1, 0.15) is 34.5 Å². The average molecular weight is 647 g/mol. The first-order valence-electron chi connectivity index (χ1n) is 15.0. The molecule has 0 bridgehead atoms. The van der Waals surface area contributed by atoms with Crippen molar-refractivity contribution in [3.63, 3.8) is 0 Å². The van der Waals surface area contributed by atoms with E-state index in [2.05, 4.69) is 0 Å². The molecule has 0 saturated heterocycles. The third-order valence-corrected chi connectivity index (χ3v) is 8.55. The van der Waals surface area contributed by atoms with Gasteiger partial charge in [0.05, 0.1) is 41.7 Å². The molecule has 2 N–H and O–H groups in total. The summed E-state index contributed by atoms with van der Waals surface area (Å²) in [5, 5.41) is 21.9. The van der Waals surface area contributed by atoms with Gasteiger partial charge in [-0.05, 0) is 35.4 Å². The first-order chi connectivity index (χ1) is 22.8. The van der Waals surface area contributed by atoms with Crippen LogP contribution in [0.5, 0.6) is 57.5 Å². The number of ether oxygens (including phenoxy) is 9. The quantitative estimate of drug-likeness (QED) is 0.212. The van der Waals surface area contributed by atoms with Crippen LogP contribution in [0.4, 0.5) is 0 Å². The predicted molar refractivity (Wildman–Crippen MR) is 171 cm³/mol. The molecule has 4 aromatic rings. The summed E-state index contributed by atoms with van der Waals surface area (Å²) in [5.74, 6) is 4.41. The lowest BCUT2D eigenvalue weighted by Crippen LogP contribution is -2.32. The topological polar surface area (TPSA) is 124 Å². The molecule has 0 aliphatic carbocycles. The van der Waals surface area contributed by atoms with Crippen LogP contribution in [0.25, 0.3) is 0 Å². The first kappa shape index (κ1) is 32.0. The second-order valence-electron chi connectivity index (χ2n) is 11.2. The van der Waals surface area contributed by atoms with Gasteiger partial charge in [0.1, 0.15) is 46.7 Å². The van der Waals surface area contributed by atoms with Gasteiger partial charge in [-0.2, -0.15) is 0 Å². The molecule has 0 fully saturated rings. The highest BCUT2D eigenvalue weighted by Crippen LogP contribution is 2.47. The van der Waals surface area contributed by atoms with Crippen LogP contribution in [0, 0.1) is 0 Å². The van der Waals surface area contributed by atoms with Gasteiger partial charge in [0, 0.05) is 55.3 Å². The fraction of sp³-hybridized carbons (Fsp3) is 0.333. The molecule has 11 heteroatoms. The largest absolute Gasteiger partial charge is 0.504 e. The fourth-order valence-corrected chi connectivity index (χ4v) is 6.12. The molecule has 2 aliphatic rings. The summed E-state index contributed by atoms with van der Waals surface area (Å²) in [7, 11) is 9.51. The van der Waals surface area contributed by atoms with Crippen LogP contribution in [0.3, 0.4) is 0 Å². The summed E-state index contributed by atoms with van der Waals surface area (Å²) in [6.45, 7) is 0. The normalized spacial score (nSPS) is 19.7. The molecular weight excluding hydrogens is 608 g/mol. The van der Waals surface area contributed by atoms with Crippen molar-refractivity contribution in [1.82, 2.24) is 0 Å². The summed E-state index contributed by atoms with van der Waals surface area (Å²) in [4.78, 5) is 0. The Balaban J connectivity index is 1.30. The summed E-state index contributed by atoms with van der Waals surface area (Å²) in [5.41, 5.74) is 3.02. The van der Waals surface area contributed by atoms with Crippen molar-refractivity contribution in [1.29, 1.82) is 0 Å². The van der Waals surface area contributed by atoms with E-state index in [-0.39, 0.29) is 17.6 Å². The van der Waals surface area contributed by atoms with Gasteiger partial charge in [0.2, 0.25) is 0 Å². The Morgan fingerprint density at radius 1 is 0.574 bits per heavy atom. The van der Waals surface area contributed by atoms with Crippen LogP contribution >= 0.6 is 0 Å². The number of fused-ring (bicyclic) bond motifs is 2. The second-order valence-corrected chi connectivity index (χ2v) is 11.2. The number of aliphatic hydroxyl groups is 1. The van der Waals surface area contributed by atoms with Gasteiger partial charge in [-0.25, -0.2) is 0 Å². The Morgan fingerprint density at radius 2 is 1.15 bits per heavy atom. The van der Waals surface area contributed by atoms with Crippen LogP contribution in [0.15, 0.2) is 60.7 Å². The number of phenols is 1. The van der Waals surface area contributed by atoms with Crippen molar-refractivity contribution < 1.29 is 52.8 Å². The number of hydrogen-bond donors (Lipinski definition) is 2. The number of methoxy groups -OCH3 is 6. The van der Waals surface area contributed by atoms with Gasteiger partial charge < -0.3 is 52.8 Å². The predicted octanol–water partition coefficient (Wildman–Crippen LogP) is 5.96. The molecule has 4 atom stereocenters. The standard InChI is InChI=1S/C36H38O11/c1-39-21-13-28(41-3)23-17-26(38)35(46-30(23)14-21)19-7-9-25(37)32(11-19)45-22-15-29(42-4)24-18-34(44-6)36(47-31(24)16-22)20-8-10-27(40-2)33(12-20)43-5/h7-16,26,34-38H,17-18H2,1-6H3/t26-,34-,35-,36-/m1/s1. The van der Waals surface area contributed by atoms with Gasteiger partial charge in [-0.1, -0.05) is 12.1 Å². The minimum absolute atomic E-state index is 0.0944. The van der Waals surface area contributed by atoms with E-state index < -0.39 is 18.3 Å². The lowest BCUT2D eigenvalue weighted by molar-refractivity contribution is -0.0122. The zero-order chi connectivity index (χ0) is 33.2. The molecule has 11 nitrogen and oxygen atoms in total. The van der Waals surface area contributed by atoms with Crippen molar-refractivity contribution in [2.24, 2.45) is 0 Å². The minimum atomic E-state index is -0.887. The molecule has 0 unspecified atom stereocenters. The minimum Gasteiger partial charge on any atom is -0.504 e. The molecule has 4 aromatic carbocycles. The molecule has 0 saturated carbocycles. The van der Waals surface area contributed by atoms with E-state index in [0.29, 0.717) is 64.4 Å². The zero-order valence-electron chi connectivity index (χ0n) is 27.1. The summed E-state index contributed by atoms with van der Waals surface area (Å²) >= 11 is 0. The highest BCUT2D eigenvalue weighted by molar-refractivity contribution is 5.56. The summed E-state index contributed by atoms with van der Waals surface area (Å²) < 4.78 is 52.4. The molecule has 0 aromatic heterocycles. The highest BCUT2D eigenvalue weighted by Gasteiger charge is 2.35. The molecule has 47 heavy (non-hydrogen) atoms. The van der Waals surface area contributed by atoms with E-state index in [1.54, 1.807) is 79.1 Å². The maximum absolute atomic E-state index is 11.1. The Kier molecular flexibility index (Phi) is 9.10. The molecular formula is C36H38O11.